The van der Waals surface area contributed by atoms with E-state index in [1.54, 1.807) is 0 Å². The molecule has 3 aliphatic heterocycles. The van der Waals surface area contributed by atoms with Crippen molar-refractivity contribution in [2.24, 2.45) is 5.41 Å². The first-order valence-corrected chi connectivity index (χ1v) is 13.4. The van der Waals surface area contributed by atoms with Gasteiger partial charge < -0.3 is 24.4 Å². The summed E-state index contributed by atoms with van der Waals surface area (Å²) in [6.45, 7) is 7.96. The summed E-state index contributed by atoms with van der Waals surface area (Å²) in [6.07, 6.45) is 8.07. The molecule has 3 fully saturated rings. The number of ether oxygens (including phenoxy) is 2. The molecular formula is C29H40N4O4. The van der Waals surface area contributed by atoms with Crippen LogP contribution in [0, 0.1) is 5.41 Å². The maximum Gasteiger partial charge on any atom is 0.253 e. The number of aromatic nitrogens is 2. The van der Waals surface area contributed by atoms with Crippen LogP contribution in [-0.2, 0) is 9.47 Å². The van der Waals surface area contributed by atoms with E-state index in [1.165, 1.54) is 0 Å². The number of piperidine rings is 1. The molecule has 8 heteroatoms. The quantitative estimate of drug-likeness (QED) is 0.655. The molecule has 0 bridgehead atoms. The summed E-state index contributed by atoms with van der Waals surface area (Å²) in [5.74, 6) is 0.746. The van der Waals surface area contributed by atoms with Gasteiger partial charge in [0.1, 0.15) is 0 Å². The molecule has 1 spiro atoms. The Morgan fingerprint density at radius 1 is 1.08 bits per heavy atom. The lowest BCUT2D eigenvalue weighted by molar-refractivity contribution is -0.155. The Morgan fingerprint density at radius 3 is 2.30 bits per heavy atom. The Labute approximate surface area is 220 Å². The van der Waals surface area contributed by atoms with Crippen LogP contribution in [0.1, 0.15) is 63.2 Å². The van der Waals surface area contributed by atoms with Crippen molar-refractivity contribution in [1.29, 1.82) is 0 Å². The molecule has 1 aromatic heterocycles. The third-order valence-corrected chi connectivity index (χ3v) is 8.61. The molecule has 200 valence electrons. The van der Waals surface area contributed by atoms with Gasteiger partial charge in [0.15, 0.2) is 0 Å². The van der Waals surface area contributed by atoms with Crippen LogP contribution < -0.4 is 4.90 Å². The zero-order valence-corrected chi connectivity index (χ0v) is 22.7. The van der Waals surface area contributed by atoms with Gasteiger partial charge in [0.05, 0.1) is 30.0 Å². The van der Waals surface area contributed by atoms with Crippen molar-refractivity contribution in [3.63, 3.8) is 0 Å². The molecule has 0 radical (unpaired) electrons. The minimum atomic E-state index is -0.845. The fraction of sp³-hybridized carbons (Fsp3) is 0.621. The van der Waals surface area contributed by atoms with Crippen molar-refractivity contribution in [3.05, 3.63) is 42.2 Å². The number of benzene rings is 1. The smallest absolute Gasteiger partial charge is 0.253 e. The van der Waals surface area contributed by atoms with E-state index in [2.05, 4.69) is 16.9 Å². The first-order valence-electron chi connectivity index (χ1n) is 13.4. The number of aliphatic hydroxyl groups is 1. The Hall–Kier alpha value is -2.55. The van der Waals surface area contributed by atoms with E-state index in [0.29, 0.717) is 11.5 Å². The van der Waals surface area contributed by atoms with Crippen LogP contribution in [0.5, 0.6) is 0 Å². The van der Waals surface area contributed by atoms with E-state index in [1.807, 2.05) is 74.4 Å². The molecule has 3 aliphatic rings. The van der Waals surface area contributed by atoms with Gasteiger partial charge >= 0.3 is 0 Å². The predicted octanol–water partition coefficient (Wildman–Crippen LogP) is 3.93. The Balaban J connectivity index is 1.17. The maximum absolute atomic E-state index is 13.2. The molecule has 8 nitrogen and oxygen atoms in total. The van der Waals surface area contributed by atoms with Gasteiger partial charge in [-0.2, -0.15) is 0 Å². The molecule has 0 unspecified atom stereocenters. The molecule has 37 heavy (non-hydrogen) atoms. The fourth-order valence-electron chi connectivity index (χ4n) is 6.00. The van der Waals surface area contributed by atoms with Crippen molar-refractivity contribution < 1.29 is 19.4 Å². The molecule has 0 aliphatic carbocycles. The lowest BCUT2D eigenvalue weighted by Gasteiger charge is -2.39. The lowest BCUT2D eigenvalue weighted by Crippen LogP contribution is -2.45. The molecule has 1 N–H and O–H groups in total. The number of hydrogen-bond acceptors (Lipinski definition) is 7. The first-order chi connectivity index (χ1) is 17.5. The number of hydrogen-bond donors (Lipinski definition) is 1. The largest absolute Gasteiger partial charge is 0.388 e. The molecule has 3 atom stereocenters. The van der Waals surface area contributed by atoms with Crippen LogP contribution in [-0.4, -0.2) is 83.1 Å². The van der Waals surface area contributed by atoms with Gasteiger partial charge in [-0.1, -0.05) is 12.1 Å². The van der Waals surface area contributed by atoms with E-state index in [0.717, 1.165) is 62.9 Å². The van der Waals surface area contributed by atoms with Gasteiger partial charge in [-0.25, -0.2) is 9.97 Å². The van der Waals surface area contributed by atoms with Crippen molar-refractivity contribution in [2.45, 2.75) is 76.3 Å². The topological polar surface area (TPSA) is 88.0 Å². The van der Waals surface area contributed by atoms with Gasteiger partial charge in [0.25, 0.3) is 5.91 Å². The van der Waals surface area contributed by atoms with E-state index in [9.17, 15) is 9.90 Å². The minimum Gasteiger partial charge on any atom is -0.388 e. The van der Waals surface area contributed by atoms with Crippen molar-refractivity contribution >= 4 is 11.9 Å². The zero-order valence-electron chi connectivity index (χ0n) is 22.7. The fourth-order valence-corrected chi connectivity index (χ4v) is 6.00. The highest BCUT2D eigenvalue weighted by Crippen LogP contribution is 2.49. The van der Waals surface area contributed by atoms with Crippen LogP contribution in [0.25, 0.3) is 11.1 Å². The molecule has 1 amide bonds. The van der Waals surface area contributed by atoms with Crippen LogP contribution in [0.4, 0.5) is 5.95 Å². The number of amides is 1. The van der Waals surface area contributed by atoms with Gasteiger partial charge in [0.2, 0.25) is 5.95 Å². The van der Waals surface area contributed by atoms with Gasteiger partial charge in [-0.15, -0.1) is 0 Å². The second-order valence-corrected chi connectivity index (χ2v) is 12.2. The minimum absolute atomic E-state index is 0.0328. The number of carbonyl (C=O) groups excluding carboxylic acids is 1. The Morgan fingerprint density at radius 2 is 1.73 bits per heavy atom. The van der Waals surface area contributed by atoms with Gasteiger partial charge in [-0.05, 0) is 76.0 Å². The summed E-state index contributed by atoms with van der Waals surface area (Å²) in [4.78, 5) is 25.8. The summed E-state index contributed by atoms with van der Waals surface area (Å²) in [6, 6.07) is 7.72. The molecule has 2 aromatic rings. The highest BCUT2D eigenvalue weighted by atomic mass is 16.6. The maximum atomic E-state index is 13.2. The highest BCUT2D eigenvalue weighted by molar-refractivity contribution is 5.94. The molecule has 1 aromatic carbocycles. The number of anilines is 1. The molecule has 0 saturated carbocycles. The number of carbonyl (C=O) groups is 1. The Kier molecular flexibility index (Phi) is 6.79. The third-order valence-electron chi connectivity index (χ3n) is 8.61. The lowest BCUT2D eigenvalue weighted by atomic mass is 9.74. The van der Waals surface area contributed by atoms with Crippen molar-refractivity contribution in [1.82, 2.24) is 14.9 Å². The molecule has 4 heterocycles. The van der Waals surface area contributed by atoms with Crippen LogP contribution in [0.3, 0.4) is 0 Å². The van der Waals surface area contributed by atoms with Crippen molar-refractivity contribution in [3.8, 4) is 11.1 Å². The second kappa shape index (κ2) is 9.64. The predicted molar refractivity (Wildman–Crippen MR) is 143 cm³/mol. The van der Waals surface area contributed by atoms with Crippen LogP contribution in [0.15, 0.2) is 36.7 Å². The summed E-state index contributed by atoms with van der Waals surface area (Å²) in [5.41, 5.74) is 1.51. The molecular weight excluding hydrogens is 468 g/mol. The Bertz CT molecular complexity index is 1100. The molecule has 5 rings (SSSR count). The van der Waals surface area contributed by atoms with Crippen molar-refractivity contribution in [2.75, 3.05) is 38.7 Å². The summed E-state index contributed by atoms with van der Waals surface area (Å²) < 4.78 is 12.7. The average Bonchev–Trinajstić information content (AvgIpc) is 3.50. The number of nitrogens with zero attached hydrogens (tertiary/aromatic N) is 4. The summed E-state index contributed by atoms with van der Waals surface area (Å²) in [5, 5.41) is 10.4. The summed E-state index contributed by atoms with van der Waals surface area (Å²) in [7, 11) is 3.82. The van der Waals surface area contributed by atoms with E-state index >= 15 is 0 Å². The zero-order chi connectivity index (χ0) is 26.4. The number of rotatable bonds is 5. The first kappa shape index (κ1) is 26.1. The summed E-state index contributed by atoms with van der Waals surface area (Å²) >= 11 is 0. The van der Waals surface area contributed by atoms with E-state index < -0.39 is 5.60 Å². The van der Waals surface area contributed by atoms with Crippen LogP contribution in [0.2, 0.25) is 0 Å². The molecule has 3 saturated heterocycles. The van der Waals surface area contributed by atoms with E-state index in [-0.39, 0.29) is 29.1 Å². The second-order valence-electron chi connectivity index (χ2n) is 12.2. The average molecular weight is 509 g/mol. The van der Waals surface area contributed by atoms with Gasteiger partial charge in [-0.3, -0.25) is 4.79 Å². The SMILES string of the molecule is CN(C)c1ncc(-c2ccc(C(=O)N3CCC4(CC3)CO[C@@H]([C@@]3(C)CC[C@@H](C(C)(C)O)O3)C4)cc2)cn1. The highest BCUT2D eigenvalue weighted by Gasteiger charge is 2.53. The normalized spacial score (nSPS) is 27.6. The monoisotopic (exact) mass is 508 g/mol. The van der Waals surface area contributed by atoms with E-state index in [4.69, 9.17) is 9.47 Å². The van der Waals surface area contributed by atoms with Crippen LogP contribution >= 0.6 is 0 Å². The standard InChI is InChI=1S/C29H40N4O4/c1-27(2,35)23-10-11-28(3,37-23)24-16-29(19-36-24)12-14-33(15-13-29)25(34)21-8-6-20(7-9-21)22-17-30-26(31-18-22)32(4)5/h6-9,17-18,23-24,35H,10-16,19H2,1-5H3/t23-,24+,28+/m0/s1. The third kappa shape index (κ3) is 5.24. The van der Waals surface area contributed by atoms with Gasteiger partial charge in [0, 0.05) is 50.7 Å². The number of likely N-dealkylation sites (tertiary alicyclic amines) is 1.